The van der Waals surface area contributed by atoms with E-state index < -0.39 is 0 Å². The maximum atomic E-state index is 12.5. The Labute approximate surface area is 141 Å². The summed E-state index contributed by atoms with van der Waals surface area (Å²) in [5.74, 6) is -0.101. The number of carbonyl (C=O) groups excluding carboxylic acids is 3. The molecular weight excluding hydrogens is 306 g/mol. The van der Waals surface area contributed by atoms with E-state index in [-0.39, 0.29) is 23.6 Å². The number of nitrogens with zero attached hydrogens (tertiary/aromatic N) is 2. The molecule has 1 aromatic rings. The molecule has 0 unspecified atom stereocenters. The molecule has 0 aliphatic carbocycles. The Bertz CT molecular complexity index is 659. The molecule has 2 heterocycles. The molecule has 0 bridgehead atoms. The molecule has 3 amide bonds. The van der Waals surface area contributed by atoms with Crippen LogP contribution in [-0.4, -0.2) is 42.3 Å². The Hall–Kier alpha value is -2.37. The lowest BCUT2D eigenvalue weighted by Gasteiger charge is -2.31. The first-order chi connectivity index (χ1) is 11.5. The van der Waals surface area contributed by atoms with Gasteiger partial charge in [0.05, 0.1) is 5.92 Å². The predicted octanol–water partition coefficient (Wildman–Crippen LogP) is 2.01. The highest BCUT2D eigenvalue weighted by atomic mass is 16.2. The number of hydrogen-bond acceptors (Lipinski definition) is 3. The molecule has 6 nitrogen and oxygen atoms in total. The van der Waals surface area contributed by atoms with Gasteiger partial charge in [-0.15, -0.1) is 0 Å². The molecule has 128 valence electrons. The fourth-order valence-corrected chi connectivity index (χ4v) is 3.39. The van der Waals surface area contributed by atoms with Gasteiger partial charge in [0.1, 0.15) is 0 Å². The molecule has 0 spiro atoms. The smallest absolute Gasteiger partial charge is 0.229 e. The number of anilines is 2. The summed E-state index contributed by atoms with van der Waals surface area (Å²) in [6.45, 7) is 3.47. The quantitative estimate of drug-likeness (QED) is 0.922. The molecule has 2 fully saturated rings. The van der Waals surface area contributed by atoms with Crippen LogP contribution in [0, 0.1) is 5.92 Å². The van der Waals surface area contributed by atoms with Crippen LogP contribution in [0.25, 0.3) is 0 Å². The number of rotatable bonds is 3. The Morgan fingerprint density at radius 1 is 1.21 bits per heavy atom. The zero-order valence-electron chi connectivity index (χ0n) is 14.0. The van der Waals surface area contributed by atoms with Crippen LogP contribution < -0.4 is 10.2 Å². The van der Waals surface area contributed by atoms with Gasteiger partial charge in [-0.25, -0.2) is 0 Å². The van der Waals surface area contributed by atoms with Crippen molar-refractivity contribution in [1.29, 1.82) is 0 Å². The number of nitrogens with one attached hydrogen (secondary N) is 1. The van der Waals surface area contributed by atoms with Crippen molar-refractivity contribution in [3.05, 3.63) is 24.3 Å². The Balaban J connectivity index is 1.66. The Morgan fingerprint density at radius 3 is 2.75 bits per heavy atom. The summed E-state index contributed by atoms with van der Waals surface area (Å²) in [4.78, 5) is 39.4. The van der Waals surface area contributed by atoms with Crippen LogP contribution in [0.4, 0.5) is 11.4 Å². The summed E-state index contributed by atoms with van der Waals surface area (Å²) in [6, 6.07) is 7.40. The maximum absolute atomic E-state index is 12.5. The van der Waals surface area contributed by atoms with E-state index in [2.05, 4.69) is 5.32 Å². The first-order valence-electron chi connectivity index (χ1n) is 8.51. The monoisotopic (exact) mass is 329 g/mol. The van der Waals surface area contributed by atoms with E-state index >= 15 is 0 Å². The molecule has 0 aromatic heterocycles. The van der Waals surface area contributed by atoms with Gasteiger partial charge in [-0.1, -0.05) is 6.07 Å². The summed E-state index contributed by atoms with van der Waals surface area (Å²) in [7, 11) is 0. The molecule has 2 saturated heterocycles. The largest absolute Gasteiger partial charge is 0.342 e. The van der Waals surface area contributed by atoms with E-state index in [1.165, 1.54) is 6.92 Å². The number of amides is 3. The third-order valence-electron chi connectivity index (χ3n) is 4.74. The van der Waals surface area contributed by atoms with Crippen LogP contribution in [0.3, 0.4) is 0 Å². The van der Waals surface area contributed by atoms with Crippen LogP contribution in [0.2, 0.25) is 0 Å². The van der Waals surface area contributed by atoms with Gasteiger partial charge < -0.3 is 15.1 Å². The van der Waals surface area contributed by atoms with E-state index in [4.69, 9.17) is 0 Å². The highest BCUT2D eigenvalue weighted by molar-refractivity contribution is 5.97. The summed E-state index contributed by atoms with van der Waals surface area (Å²) in [5, 5.41) is 2.93. The molecule has 1 N–H and O–H groups in total. The van der Waals surface area contributed by atoms with Gasteiger partial charge >= 0.3 is 0 Å². The van der Waals surface area contributed by atoms with Crippen LogP contribution in [0.15, 0.2) is 24.3 Å². The van der Waals surface area contributed by atoms with Crippen molar-refractivity contribution in [1.82, 2.24) is 4.90 Å². The third kappa shape index (κ3) is 3.58. The van der Waals surface area contributed by atoms with Gasteiger partial charge in [0.15, 0.2) is 0 Å². The highest BCUT2D eigenvalue weighted by Gasteiger charge is 2.27. The predicted molar refractivity (Wildman–Crippen MR) is 91.6 cm³/mol. The zero-order valence-corrected chi connectivity index (χ0v) is 14.0. The van der Waals surface area contributed by atoms with Crippen molar-refractivity contribution in [3.63, 3.8) is 0 Å². The van der Waals surface area contributed by atoms with E-state index in [9.17, 15) is 14.4 Å². The zero-order chi connectivity index (χ0) is 17.1. The van der Waals surface area contributed by atoms with Crippen molar-refractivity contribution < 1.29 is 14.4 Å². The van der Waals surface area contributed by atoms with Gasteiger partial charge in [-0.05, 0) is 37.5 Å². The summed E-state index contributed by atoms with van der Waals surface area (Å²) in [6.07, 6.45) is 3.10. The Kier molecular flexibility index (Phi) is 4.83. The van der Waals surface area contributed by atoms with E-state index in [1.54, 1.807) is 9.80 Å². The maximum Gasteiger partial charge on any atom is 0.229 e. The molecular formula is C18H23N3O3. The van der Waals surface area contributed by atoms with Crippen LogP contribution in [-0.2, 0) is 14.4 Å². The minimum absolute atomic E-state index is 0.0158. The first kappa shape index (κ1) is 16.5. The van der Waals surface area contributed by atoms with Gasteiger partial charge in [0.25, 0.3) is 0 Å². The second-order valence-corrected chi connectivity index (χ2v) is 6.49. The topological polar surface area (TPSA) is 69.7 Å². The number of likely N-dealkylation sites (tertiary alicyclic amines) is 1. The lowest BCUT2D eigenvalue weighted by molar-refractivity contribution is -0.132. The van der Waals surface area contributed by atoms with Crippen molar-refractivity contribution >= 4 is 29.1 Å². The van der Waals surface area contributed by atoms with Crippen molar-refractivity contribution in [2.24, 2.45) is 5.92 Å². The molecule has 1 atom stereocenters. The molecule has 2 aliphatic heterocycles. The standard InChI is InChI=1S/C18H23N3O3/c1-13(22)20-9-3-5-14(12-20)18(24)19-15-6-2-7-16(11-15)21-10-4-8-17(21)23/h2,6-7,11,14H,3-5,8-10,12H2,1H3,(H,19,24)/t14-/m0/s1. The lowest BCUT2D eigenvalue weighted by Crippen LogP contribution is -2.42. The third-order valence-corrected chi connectivity index (χ3v) is 4.74. The first-order valence-corrected chi connectivity index (χ1v) is 8.51. The van der Waals surface area contributed by atoms with Gasteiger partial charge in [0.2, 0.25) is 17.7 Å². The second kappa shape index (κ2) is 7.03. The fraction of sp³-hybridized carbons (Fsp3) is 0.500. The van der Waals surface area contributed by atoms with Crippen molar-refractivity contribution in [2.75, 3.05) is 29.9 Å². The van der Waals surface area contributed by atoms with Crippen molar-refractivity contribution in [3.8, 4) is 0 Å². The van der Waals surface area contributed by atoms with E-state index in [0.29, 0.717) is 18.7 Å². The minimum Gasteiger partial charge on any atom is -0.342 e. The van der Waals surface area contributed by atoms with E-state index in [1.807, 2.05) is 24.3 Å². The number of piperidine rings is 1. The Morgan fingerprint density at radius 2 is 2.04 bits per heavy atom. The summed E-state index contributed by atoms with van der Waals surface area (Å²) >= 11 is 0. The normalized spacial score (nSPS) is 21.0. The molecule has 2 aliphatic rings. The summed E-state index contributed by atoms with van der Waals surface area (Å²) in [5.41, 5.74) is 1.52. The van der Waals surface area contributed by atoms with Crippen LogP contribution in [0.5, 0.6) is 0 Å². The van der Waals surface area contributed by atoms with Gasteiger partial charge in [0, 0.05) is 44.4 Å². The second-order valence-electron chi connectivity index (χ2n) is 6.49. The molecule has 0 radical (unpaired) electrons. The average molecular weight is 329 g/mol. The highest BCUT2D eigenvalue weighted by Crippen LogP contribution is 2.25. The van der Waals surface area contributed by atoms with Gasteiger partial charge in [-0.3, -0.25) is 14.4 Å². The van der Waals surface area contributed by atoms with Crippen LogP contribution in [0.1, 0.15) is 32.6 Å². The lowest BCUT2D eigenvalue weighted by atomic mass is 9.97. The molecule has 6 heteroatoms. The van der Waals surface area contributed by atoms with E-state index in [0.717, 1.165) is 38.0 Å². The molecule has 3 rings (SSSR count). The fourth-order valence-electron chi connectivity index (χ4n) is 3.39. The van der Waals surface area contributed by atoms with Crippen LogP contribution >= 0.6 is 0 Å². The number of hydrogen-bond donors (Lipinski definition) is 1. The molecule has 0 saturated carbocycles. The number of carbonyl (C=O) groups is 3. The SMILES string of the molecule is CC(=O)N1CCC[C@H](C(=O)Nc2cccc(N3CCCC3=O)c2)C1. The summed E-state index contributed by atoms with van der Waals surface area (Å²) < 4.78 is 0. The average Bonchev–Trinajstić information content (AvgIpc) is 3.01. The molecule has 1 aromatic carbocycles. The molecule has 24 heavy (non-hydrogen) atoms. The van der Waals surface area contributed by atoms with Gasteiger partial charge in [-0.2, -0.15) is 0 Å². The van der Waals surface area contributed by atoms with Crippen molar-refractivity contribution in [2.45, 2.75) is 32.6 Å². The number of benzene rings is 1. The minimum atomic E-state index is -0.181.